The second-order valence-corrected chi connectivity index (χ2v) is 4.09. The Hall–Kier alpha value is -2.25. The molecule has 2 rings (SSSR count). The number of carbonyl (C=O) groups excluding carboxylic acids is 2. The third kappa shape index (κ3) is 2.70. The quantitative estimate of drug-likeness (QED) is 0.743. The second kappa shape index (κ2) is 4.94. The maximum atomic E-state index is 12.0. The number of nitrogens with zero attached hydrogens (tertiary/aromatic N) is 4. The standard InChI is InChI=1S/C10H14N6O2/c1-6-11-8(14-12-6)5-16(2)10(18)7-3-4-9(17)15-13-7/h3-5H2,1-2H3,(H,15,17)(H,11,12,14). The highest BCUT2D eigenvalue weighted by Crippen LogP contribution is 2.04. The summed E-state index contributed by atoms with van der Waals surface area (Å²) in [7, 11) is 1.65. The van der Waals surface area contributed by atoms with E-state index in [9.17, 15) is 9.59 Å². The molecule has 0 saturated heterocycles. The Morgan fingerprint density at radius 3 is 2.78 bits per heavy atom. The van der Waals surface area contributed by atoms with Gasteiger partial charge in [-0.05, 0) is 6.92 Å². The van der Waals surface area contributed by atoms with Crippen molar-refractivity contribution in [2.75, 3.05) is 7.05 Å². The predicted molar refractivity (Wildman–Crippen MR) is 62.4 cm³/mol. The number of amides is 2. The van der Waals surface area contributed by atoms with Crippen LogP contribution in [0.2, 0.25) is 0 Å². The Morgan fingerprint density at radius 2 is 2.22 bits per heavy atom. The van der Waals surface area contributed by atoms with E-state index >= 15 is 0 Å². The number of hydrazone groups is 1. The number of rotatable bonds is 3. The lowest BCUT2D eigenvalue weighted by Gasteiger charge is -2.18. The lowest BCUT2D eigenvalue weighted by molar-refractivity contribution is -0.124. The number of hydrogen-bond donors (Lipinski definition) is 2. The van der Waals surface area contributed by atoms with E-state index in [1.54, 1.807) is 14.0 Å². The molecule has 0 radical (unpaired) electrons. The van der Waals surface area contributed by atoms with E-state index in [-0.39, 0.29) is 18.2 Å². The maximum absolute atomic E-state index is 12.0. The van der Waals surface area contributed by atoms with E-state index in [0.29, 0.717) is 30.3 Å². The average Bonchev–Trinajstić information content (AvgIpc) is 2.75. The van der Waals surface area contributed by atoms with Crippen LogP contribution in [0.4, 0.5) is 0 Å². The van der Waals surface area contributed by atoms with Crippen LogP contribution in [0.15, 0.2) is 5.10 Å². The molecule has 1 aromatic heterocycles. The molecule has 2 N–H and O–H groups in total. The molecule has 0 fully saturated rings. The molecule has 0 aromatic carbocycles. The molecule has 0 spiro atoms. The third-order valence-electron chi connectivity index (χ3n) is 2.52. The number of aryl methyl sites for hydroxylation is 1. The topological polar surface area (TPSA) is 103 Å². The fraction of sp³-hybridized carbons (Fsp3) is 0.500. The van der Waals surface area contributed by atoms with E-state index in [1.165, 1.54) is 4.90 Å². The minimum Gasteiger partial charge on any atom is -0.333 e. The predicted octanol–water partition coefficient (Wildman–Crippen LogP) is -0.662. The summed E-state index contributed by atoms with van der Waals surface area (Å²) in [5, 5.41) is 10.4. The smallest absolute Gasteiger partial charge is 0.270 e. The summed E-state index contributed by atoms with van der Waals surface area (Å²) in [6.45, 7) is 2.09. The number of carbonyl (C=O) groups is 2. The molecule has 0 atom stereocenters. The monoisotopic (exact) mass is 250 g/mol. The van der Waals surface area contributed by atoms with Crippen LogP contribution < -0.4 is 5.43 Å². The number of nitrogens with one attached hydrogen (secondary N) is 2. The van der Waals surface area contributed by atoms with Crippen LogP contribution in [0.5, 0.6) is 0 Å². The van der Waals surface area contributed by atoms with E-state index in [0.717, 1.165) is 0 Å². The SMILES string of the molecule is Cc1nc(CN(C)C(=O)C2=NNC(=O)CC2)n[nH]1. The molecule has 2 amide bonds. The first-order chi connectivity index (χ1) is 8.56. The molecule has 2 heterocycles. The van der Waals surface area contributed by atoms with Crippen LogP contribution in [0.3, 0.4) is 0 Å². The van der Waals surface area contributed by atoms with Crippen LogP contribution in [-0.2, 0) is 16.1 Å². The van der Waals surface area contributed by atoms with Crippen molar-refractivity contribution >= 4 is 17.5 Å². The van der Waals surface area contributed by atoms with Gasteiger partial charge in [0, 0.05) is 19.9 Å². The zero-order valence-electron chi connectivity index (χ0n) is 10.2. The zero-order chi connectivity index (χ0) is 13.1. The van der Waals surface area contributed by atoms with Gasteiger partial charge in [0.05, 0.1) is 6.54 Å². The summed E-state index contributed by atoms with van der Waals surface area (Å²) in [5.74, 6) is 0.855. The van der Waals surface area contributed by atoms with Gasteiger partial charge in [-0.15, -0.1) is 0 Å². The molecule has 18 heavy (non-hydrogen) atoms. The van der Waals surface area contributed by atoms with E-state index in [2.05, 4.69) is 25.7 Å². The van der Waals surface area contributed by atoms with Crippen molar-refractivity contribution in [3.05, 3.63) is 11.6 Å². The summed E-state index contributed by atoms with van der Waals surface area (Å²) >= 11 is 0. The Labute approximate surface area is 103 Å². The minimum absolute atomic E-state index is 0.168. The molecule has 8 heteroatoms. The maximum Gasteiger partial charge on any atom is 0.270 e. The van der Waals surface area contributed by atoms with Crippen molar-refractivity contribution in [2.45, 2.75) is 26.3 Å². The first kappa shape index (κ1) is 12.2. The first-order valence-corrected chi connectivity index (χ1v) is 5.55. The van der Waals surface area contributed by atoms with Crippen LogP contribution in [0.1, 0.15) is 24.5 Å². The highest BCUT2D eigenvalue weighted by atomic mass is 16.2. The number of H-pyrrole nitrogens is 1. The largest absolute Gasteiger partial charge is 0.333 e. The molecule has 0 aliphatic carbocycles. The third-order valence-corrected chi connectivity index (χ3v) is 2.52. The molecule has 0 unspecified atom stereocenters. The van der Waals surface area contributed by atoms with Crippen LogP contribution in [0, 0.1) is 6.92 Å². The molecule has 0 saturated carbocycles. The van der Waals surface area contributed by atoms with Crippen molar-refractivity contribution in [3.63, 3.8) is 0 Å². The van der Waals surface area contributed by atoms with Crippen LogP contribution in [0.25, 0.3) is 0 Å². The first-order valence-electron chi connectivity index (χ1n) is 5.55. The van der Waals surface area contributed by atoms with E-state index in [4.69, 9.17) is 0 Å². The number of aromatic amines is 1. The van der Waals surface area contributed by atoms with Crippen LogP contribution >= 0.6 is 0 Å². The van der Waals surface area contributed by atoms with Crippen LogP contribution in [-0.4, -0.2) is 44.7 Å². The fourth-order valence-corrected chi connectivity index (χ4v) is 1.59. The zero-order valence-corrected chi connectivity index (χ0v) is 10.2. The lowest BCUT2D eigenvalue weighted by Crippen LogP contribution is -2.37. The van der Waals surface area contributed by atoms with Gasteiger partial charge in [0.2, 0.25) is 5.91 Å². The second-order valence-electron chi connectivity index (χ2n) is 4.09. The van der Waals surface area contributed by atoms with Crippen molar-refractivity contribution in [2.24, 2.45) is 5.10 Å². The Bertz CT molecular complexity index is 506. The molecule has 0 bridgehead atoms. The lowest BCUT2D eigenvalue weighted by atomic mass is 10.1. The number of aromatic nitrogens is 3. The summed E-state index contributed by atoms with van der Waals surface area (Å²) in [6.07, 6.45) is 0.653. The fourth-order valence-electron chi connectivity index (χ4n) is 1.59. The highest BCUT2D eigenvalue weighted by molar-refractivity contribution is 6.39. The summed E-state index contributed by atoms with van der Waals surface area (Å²) < 4.78 is 0. The van der Waals surface area contributed by atoms with Crippen molar-refractivity contribution in [1.82, 2.24) is 25.5 Å². The van der Waals surface area contributed by atoms with Gasteiger partial charge >= 0.3 is 0 Å². The molecule has 1 aliphatic heterocycles. The highest BCUT2D eigenvalue weighted by Gasteiger charge is 2.22. The van der Waals surface area contributed by atoms with Crippen molar-refractivity contribution in [1.29, 1.82) is 0 Å². The van der Waals surface area contributed by atoms with Gasteiger partial charge < -0.3 is 4.90 Å². The molecule has 1 aromatic rings. The molecular formula is C10H14N6O2. The molecule has 1 aliphatic rings. The minimum atomic E-state index is -0.225. The van der Waals surface area contributed by atoms with Crippen molar-refractivity contribution < 1.29 is 9.59 Å². The molecule has 8 nitrogen and oxygen atoms in total. The molecule has 96 valence electrons. The summed E-state index contributed by atoms with van der Waals surface area (Å²) in [4.78, 5) is 28.5. The molecular weight excluding hydrogens is 236 g/mol. The van der Waals surface area contributed by atoms with Gasteiger partial charge in [-0.3, -0.25) is 14.7 Å². The Morgan fingerprint density at radius 1 is 1.44 bits per heavy atom. The van der Waals surface area contributed by atoms with E-state index in [1.807, 2.05) is 0 Å². The number of hydrogen-bond acceptors (Lipinski definition) is 5. The van der Waals surface area contributed by atoms with Gasteiger partial charge in [0.15, 0.2) is 5.82 Å². The summed E-state index contributed by atoms with van der Waals surface area (Å²) in [5.41, 5.74) is 2.65. The van der Waals surface area contributed by atoms with Crippen molar-refractivity contribution in [3.8, 4) is 0 Å². The van der Waals surface area contributed by atoms with Gasteiger partial charge in [-0.2, -0.15) is 10.2 Å². The normalized spacial score (nSPS) is 15.0. The van der Waals surface area contributed by atoms with Gasteiger partial charge in [0.25, 0.3) is 5.91 Å². The Kier molecular flexibility index (Phi) is 3.35. The van der Waals surface area contributed by atoms with E-state index < -0.39 is 0 Å². The summed E-state index contributed by atoms with van der Waals surface area (Å²) in [6, 6.07) is 0. The van der Waals surface area contributed by atoms with Gasteiger partial charge in [0.1, 0.15) is 11.5 Å². The van der Waals surface area contributed by atoms with Gasteiger partial charge in [-0.25, -0.2) is 10.4 Å². The Balaban J connectivity index is 1.98. The average molecular weight is 250 g/mol. The van der Waals surface area contributed by atoms with Gasteiger partial charge in [-0.1, -0.05) is 0 Å².